The van der Waals surface area contributed by atoms with E-state index in [2.05, 4.69) is 16.0 Å². The van der Waals surface area contributed by atoms with Gasteiger partial charge in [-0.25, -0.2) is 4.98 Å². The maximum Gasteiger partial charge on any atom is 0.303 e. The highest BCUT2D eigenvalue weighted by atomic mass is 16.4. The Bertz CT molecular complexity index is 592. The molecule has 2 aliphatic rings. The second-order valence-corrected chi connectivity index (χ2v) is 5.63. The van der Waals surface area contributed by atoms with Crippen molar-refractivity contribution in [1.29, 1.82) is 5.26 Å². The Hall–Kier alpha value is -2.09. The quantitative estimate of drug-likeness (QED) is 0.906. The Balaban J connectivity index is 1.84. The average molecular weight is 271 g/mol. The number of rotatable bonds is 3. The molecule has 20 heavy (non-hydrogen) atoms. The molecule has 1 atom stereocenters. The van der Waals surface area contributed by atoms with Gasteiger partial charge in [0.1, 0.15) is 11.9 Å². The minimum atomic E-state index is -0.751. The van der Waals surface area contributed by atoms with E-state index < -0.39 is 5.97 Å². The number of carbonyl (C=O) groups is 1. The zero-order valence-electron chi connectivity index (χ0n) is 11.3. The number of anilines is 1. The summed E-state index contributed by atoms with van der Waals surface area (Å²) in [7, 11) is 0. The van der Waals surface area contributed by atoms with Crippen LogP contribution in [0, 0.1) is 17.2 Å². The summed E-state index contributed by atoms with van der Waals surface area (Å²) in [4.78, 5) is 17.5. The predicted molar refractivity (Wildman–Crippen MR) is 73.5 cm³/mol. The second-order valence-electron chi connectivity index (χ2n) is 5.63. The van der Waals surface area contributed by atoms with Gasteiger partial charge in [0, 0.05) is 25.2 Å². The fourth-order valence-electron chi connectivity index (χ4n) is 3.22. The highest BCUT2D eigenvalue weighted by Gasteiger charge is 2.28. The summed E-state index contributed by atoms with van der Waals surface area (Å²) < 4.78 is 0. The number of aromatic nitrogens is 1. The van der Waals surface area contributed by atoms with E-state index >= 15 is 0 Å². The molecule has 2 heterocycles. The van der Waals surface area contributed by atoms with Crippen molar-refractivity contribution in [2.75, 3.05) is 18.0 Å². The molecule has 0 aromatic carbocycles. The smallest absolute Gasteiger partial charge is 0.303 e. The maximum absolute atomic E-state index is 10.8. The van der Waals surface area contributed by atoms with E-state index in [1.54, 1.807) is 0 Å². The normalized spacial score (nSPS) is 20.8. The van der Waals surface area contributed by atoms with Gasteiger partial charge in [0.2, 0.25) is 0 Å². The summed E-state index contributed by atoms with van der Waals surface area (Å²) in [5.74, 6) is 0.161. The third-order valence-corrected chi connectivity index (χ3v) is 4.20. The van der Waals surface area contributed by atoms with Crippen molar-refractivity contribution in [1.82, 2.24) is 4.98 Å². The molecule has 0 radical (unpaired) electrons. The van der Waals surface area contributed by atoms with Crippen LogP contribution in [-0.4, -0.2) is 29.1 Å². The van der Waals surface area contributed by atoms with Crippen LogP contribution in [0.4, 0.5) is 5.82 Å². The Morgan fingerprint density at radius 1 is 1.55 bits per heavy atom. The summed E-state index contributed by atoms with van der Waals surface area (Å²) in [6.07, 6.45) is 4.16. The van der Waals surface area contributed by atoms with Gasteiger partial charge in [0.25, 0.3) is 0 Å². The van der Waals surface area contributed by atoms with Crippen LogP contribution in [0.1, 0.15) is 36.1 Å². The first-order valence-electron chi connectivity index (χ1n) is 7.07. The molecule has 1 aliphatic carbocycles. The zero-order chi connectivity index (χ0) is 14.1. The van der Waals surface area contributed by atoms with Crippen LogP contribution >= 0.6 is 0 Å². The van der Waals surface area contributed by atoms with Gasteiger partial charge in [-0.3, -0.25) is 4.79 Å². The summed E-state index contributed by atoms with van der Waals surface area (Å²) in [5.41, 5.74) is 2.94. The minimum absolute atomic E-state index is 0.161. The zero-order valence-corrected chi connectivity index (χ0v) is 11.3. The van der Waals surface area contributed by atoms with Crippen LogP contribution in [0.3, 0.4) is 0 Å². The second kappa shape index (κ2) is 5.12. The molecule has 1 N–H and O–H groups in total. The van der Waals surface area contributed by atoms with Crippen LogP contribution in [-0.2, 0) is 17.6 Å². The number of hydrogen-bond acceptors (Lipinski definition) is 4. The summed E-state index contributed by atoms with van der Waals surface area (Å²) >= 11 is 0. The van der Waals surface area contributed by atoms with Crippen LogP contribution in [0.15, 0.2) is 6.07 Å². The lowest BCUT2D eigenvalue weighted by Gasteiger charge is -2.19. The first-order chi connectivity index (χ1) is 9.67. The van der Waals surface area contributed by atoms with Crippen molar-refractivity contribution >= 4 is 11.8 Å². The molecule has 1 unspecified atom stereocenters. The average Bonchev–Trinajstić information content (AvgIpc) is 3.04. The van der Waals surface area contributed by atoms with Crippen molar-refractivity contribution in [2.45, 2.75) is 32.1 Å². The minimum Gasteiger partial charge on any atom is -0.481 e. The molecule has 1 aromatic rings. The molecule has 0 amide bonds. The van der Waals surface area contributed by atoms with E-state index in [1.165, 1.54) is 5.56 Å². The van der Waals surface area contributed by atoms with Gasteiger partial charge in [-0.15, -0.1) is 0 Å². The van der Waals surface area contributed by atoms with E-state index in [1.807, 2.05) is 6.07 Å². The number of nitriles is 1. The molecule has 3 rings (SSSR count). The van der Waals surface area contributed by atoms with Gasteiger partial charge in [0.05, 0.1) is 5.56 Å². The lowest BCUT2D eigenvalue weighted by Crippen LogP contribution is -2.23. The van der Waals surface area contributed by atoms with Crippen LogP contribution in [0.25, 0.3) is 0 Å². The van der Waals surface area contributed by atoms with Crippen LogP contribution in [0.2, 0.25) is 0 Å². The van der Waals surface area contributed by atoms with Gasteiger partial charge >= 0.3 is 5.97 Å². The Morgan fingerprint density at radius 2 is 2.40 bits per heavy atom. The third-order valence-electron chi connectivity index (χ3n) is 4.20. The molecule has 104 valence electrons. The standard InChI is InChI=1S/C15H17N3O2/c16-8-12-7-11-2-1-3-13(11)17-15(12)18-5-4-10(9-18)6-14(19)20/h7,10H,1-6,9H2,(H,19,20). The lowest BCUT2D eigenvalue weighted by atomic mass is 10.1. The Morgan fingerprint density at radius 3 is 3.15 bits per heavy atom. The number of aliphatic carboxylic acids is 1. The summed E-state index contributed by atoms with van der Waals surface area (Å²) in [5, 5.41) is 18.2. The third kappa shape index (κ3) is 2.34. The van der Waals surface area contributed by atoms with E-state index in [0.717, 1.165) is 43.7 Å². The van der Waals surface area contributed by atoms with E-state index in [-0.39, 0.29) is 12.3 Å². The van der Waals surface area contributed by atoms with Crippen molar-refractivity contribution in [3.05, 3.63) is 22.9 Å². The SMILES string of the molecule is N#Cc1cc2c(nc1N1CCC(CC(=O)O)C1)CCC2. The molecule has 5 nitrogen and oxygen atoms in total. The first kappa shape index (κ1) is 12.9. The monoisotopic (exact) mass is 271 g/mol. The molecule has 1 aliphatic heterocycles. The number of pyridine rings is 1. The van der Waals surface area contributed by atoms with Crippen molar-refractivity contribution in [3.63, 3.8) is 0 Å². The molecular weight excluding hydrogens is 254 g/mol. The van der Waals surface area contributed by atoms with Crippen molar-refractivity contribution < 1.29 is 9.90 Å². The summed E-state index contributed by atoms with van der Waals surface area (Å²) in [6, 6.07) is 4.20. The molecule has 0 saturated carbocycles. The molecular formula is C15H17N3O2. The fraction of sp³-hybridized carbons (Fsp3) is 0.533. The lowest BCUT2D eigenvalue weighted by molar-refractivity contribution is -0.137. The predicted octanol–water partition coefficient (Wildman–Crippen LogP) is 1.74. The highest BCUT2D eigenvalue weighted by molar-refractivity contribution is 5.67. The largest absolute Gasteiger partial charge is 0.481 e. The molecule has 1 aromatic heterocycles. The number of carboxylic acids is 1. The van der Waals surface area contributed by atoms with Gasteiger partial charge < -0.3 is 10.0 Å². The highest BCUT2D eigenvalue weighted by Crippen LogP contribution is 2.30. The maximum atomic E-state index is 10.8. The van der Waals surface area contributed by atoms with E-state index in [9.17, 15) is 10.1 Å². The molecule has 5 heteroatoms. The first-order valence-corrected chi connectivity index (χ1v) is 7.07. The summed E-state index contributed by atoms with van der Waals surface area (Å²) in [6.45, 7) is 1.48. The van der Waals surface area contributed by atoms with E-state index in [4.69, 9.17) is 5.11 Å². The number of nitrogens with zero attached hydrogens (tertiary/aromatic N) is 3. The van der Waals surface area contributed by atoms with E-state index in [0.29, 0.717) is 12.1 Å². The Labute approximate surface area is 117 Å². The fourth-order valence-corrected chi connectivity index (χ4v) is 3.22. The van der Waals surface area contributed by atoms with Crippen LogP contribution < -0.4 is 4.90 Å². The van der Waals surface area contributed by atoms with Gasteiger partial charge in [0.15, 0.2) is 0 Å². The molecule has 1 fully saturated rings. The topological polar surface area (TPSA) is 77.2 Å². The van der Waals surface area contributed by atoms with Crippen LogP contribution in [0.5, 0.6) is 0 Å². The number of carboxylic acid groups (broad SMARTS) is 1. The number of hydrogen-bond donors (Lipinski definition) is 1. The van der Waals surface area contributed by atoms with Gasteiger partial charge in [-0.05, 0) is 43.2 Å². The molecule has 0 bridgehead atoms. The van der Waals surface area contributed by atoms with Crippen molar-refractivity contribution in [2.24, 2.45) is 5.92 Å². The number of aryl methyl sites for hydroxylation is 2. The molecule has 0 spiro atoms. The van der Waals surface area contributed by atoms with Crippen molar-refractivity contribution in [3.8, 4) is 6.07 Å². The van der Waals surface area contributed by atoms with Gasteiger partial charge in [-0.1, -0.05) is 0 Å². The van der Waals surface area contributed by atoms with Gasteiger partial charge in [-0.2, -0.15) is 5.26 Å². The number of fused-ring (bicyclic) bond motifs is 1. The Kier molecular flexibility index (Phi) is 3.31. The molecule has 1 saturated heterocycles.